The molecule has 0 atom stereocenters. The van der Waals surface area contributed by atoms with Gasteiger partial charge in [-0.05, 0) is 74.2 Å². The molecule has 0 spiro atoms. The molecule has 0 bridgehead atoms. The quantitative estimate of drug-likeness (QED) is 0.0486. The van der Waals surface area contributed by atoms with Crippen molar-refractivity contribution in [3.63, 3.8) is 0 Å². The Morgan fingerprint density at radius 3 is 1.29 bits per heavy atom. The highest BCUT2D eigenvalue weighted by Crippen LogP contribution is 2.38. The van der Waals surface area contributed by atoms with Crippen molar-refractivity contribution in [1.29, 1.82) is 0 Å². The van der Waals surface area contributed by atoms with Crippen LogP contribution >= 0.6 is 11.6 Å². The summed E-state index contributed by atoms with van der Waals surface area (Å²) in [7, 11) is 11.7. The number of rotatable bonds is 28. The van der Waals surface area contributed by atoms with Crippen molar-refractivity contribution in [1.82, 2.24) is 48.0 Å². The average molecular weight is 962 g/mol. The van der Waals surface area contributed by atoms with E-state index in [9.17, 15) is 19.2 Å². The number of methoxy groups -OCH3 is 3. The number of hydrogen-bond donors (Lipinski definition) is 2. The molecule has 0 saturated carbocycles. The lowest BCUT2D eigenvalue weighted by Gasteiger charge is -2.14. The predicted octanol–water partition coefficient (Wildman–Crippen LogP) is 6.98. The number of hydrogen-bond acceptors (Lipinski definition) is 11. The molecule has 6 rings (SSSR count). The van der Waals surface area contributed by atoms with E-state index in [4.69, 9.17) is 25.8 Å². The topological polar surface area (TPSA) is 175 Å². The molecule has 68 heavy (non-hydrogen) atoms. The second-order valence-corrected chi connectivity index (χ2v) is 17.9. The SMILES string of the molecule is COc1cc(CNCCCCCCCCn2c(=O)c3c(ncn3C)n(C)c2=O)cc(OC)c1OC.Cn1cnc2c1c(=O)n(CCCCCCCCCCCNCc1ccc(Cl)cc1)c(=O)n2C. The Morgan fingerprint density at radius 2 is 0.897 bits per heavy atom. The summed E-state index contributed by atoms with van der Waals surface area (Å²) in [5.41, 5.74) is 3.07. The Bertz CT molecular complexity index is 2730. The largest absolute Gasteiger partial charge is 0.493 e. The first-order chi connectivity index (χ1) is 32.9. The van der Waals surface area contributed by atoms with Crippen LogP contribution < -0.4 is 47.3 Å². The number of imidazole rings is 2. The molecule has 0 aliphatic rings. The zero-order valence-electron chi connectivity index (χ0n) is 41.3. The number of aryl methyl sites for hydroxylation is 4. The minimum absolute atomic E-state index is 0.240. The minimum atomic E-state index is -0.306. The van der Waals surface area contributed by atoms with E-state index >= 15 is 0 Å². The molecule has 4 aromatic heterocycles. The maximum Gasteiger partial charge on any atom is 0.332 e. The minimum Gasteiger partial charge on any atom is -0.493 e. The second kappa shape index (κ2) is 27.4. The standard InChI is InChI=1S/C25H36ClN5O2.C25H37N5O5/c1-29-19-28-23-22(29)24(32)31(25(33)30(23)2)17-11-9-7-5-3-4-6-8-10-16-27-18-20-12-14-21(26)15-13-20;1-28-17-27-23-21(28)24(31)30(25(32)29(23)2)13-11-9-7-6-8-10-12-26-16-18-14-19(33-3)22(35-5)20(15-18)34-4/h12-15,19,27H,3-11,16-18H2,1-2H3;14-15,17,26H,6-13,16H2,1-5H3. The van der Waals surface area contributed by atoms with Crippen LogP contribution in [0, 0.1) is 0 Å². The van der Waals surface area contributed by atoms with E-state index in [0.29, 0.717) is 52.7 Å². The molecule has 4 heterocycles. The van der Waals surface area contributed by atoms with E-state index < -0.39 is 0 Å². The molecule has 0 radical (unpaired) electrons. The third kappa shape index (κ3) is 14.4. The molecule has 2 aromatic carbocycles. The van der Waals surface area contributed by atoms with Gasteiger partial charge in [-0.1, -0.05) is 94.4 Å². The zero-order chi connectivity index (χ0) is 49.0. The van der Waals surface area contributed by atoms with E-state index in [2.05, 4.69) is 32.7 Å². The summed E-state index contributed by atoms with van der Waals surface area (Å²) < 4.78 is 25.1. The molecule has 0 saturated heterocycles. The summed E-state index contributed by atoms with van der Waals surface area (Å²) in [4.78, 5) is 58.8. The van der Waals surface area contributed by atoms with E-state index in [1.54, 1.807) is 71.3 Å². The third-order valence-corrected chi connectivity index (χ3v) is 12.7. The van der Waals surface area contributed by atoms with Crippen molar-refractivity contribution < 1.29 is 14.2 Å². The molecule has 18 heteroatoms. The van der Waals surface area contributed by atoms with Crippen LogP contribution in [0.1, 0.15) is 107 Å². The fraction of sp³-hybridized carbons (Fsp3) is 0.560. The monoisotopic (exact) mass is 961 g/mol. The number of aromatic nitrogens is 8. The van der Waals surface area contributed by atoms with Crippen molar-refractivity contribution in [2.75, 3.05) is 34.4 Å². The first kappa shape index (κ1) is 53.3. The molecule has 0 aliphatic heterocycles. The van der Waals surface area contributed by atoms with Crippen molar-refractivity contribution in [2.45, 2.75) is 122 Å². The number of nitrogens with one attached hydrogen (secondary N) is 2. The first-order valence-corrected chi connectivity index (χ1v) is 24.5. The highest BCUT2D eigenvalue weighted by molar-refractivity contribution is 6.30. The van der Waals surface area contributed by atoms with E-state index in [-0.39, 0.29) is 22.5 Å². The summed E-state index contributed by atoms with van der Waals surface area (Å²) in [6.07, 6.45) is 19.9. The van der Waals surface area contributed by atoms with Crippen LogP contribution in [0.3, 0.4) is 0 Å². The van der Waals surface area contributed by atoms with Gasteiger partial charge in [0, 0.05) is 59.4 Å². The normalized spacial score (nSPS) is 11.4. The maximum atomic E-state index is 12.7. The van der Waals surface area contributed by atoms with Gasteiger partial charge in [0.2, 0.25) is 5.75 Å². The van der Waals surface area contributed by atoms with Gasteiger partial charge in [0.25, 0.3) is 11.1 Å². The number of benzene rings is 2. The molecule has 0 fully saturated rings. The van der Waals surface area contributed by atoms with Gasteiger partial charge in [-0.25, -0.2) is 19.6 Å². The molecular weight excluding hydrogens is 888 g/mol. The smallest absolute Gasteiger partial charge is 0.332 e. The van der Waals surface area contributed by atoms with Crippen molar-refractivity contribution in [3.8, 4) is 17.2 Å². The van der Waals surface area contributed by atoms with E-state index in [0.717, 1.165) is 94.6 Å². The molecular formula is C50H73ClN10O7. The fourth-order valence-corrected chi connectivity index (χ4v) is 8.60. The van der Waals surface area contributed by atoms with Crippen molar-refractivity contribution >= 4 is 33.9 Å². The molecule has 17 nitrogen and oxygen atoms in total. The highest BCUT2D eigenvalue weighted by atomic mass is 35.5. The van der Waals surface area contributed by atoms with Crippen LogP contribution in [0.2, 0.25) is 5.02 Å². The van der Waals surface area contributed by atoms with Crippen LogP contribution in [0.15, 0.2) is 68.2 Å². The molecule has 0 amide bonds. The van der Waals surface area contributed by atoms with Gasteiger partial charge >= 0.3 is 11.4 Å². The Kier molecular flexibility index (Phi) is 21.5. The van der Waals surface area contributed by atoms with Crippen molar-refractivity contribution in [2.24, 2.45) is 28.2 Å². The van der Waals surface area contributed by atoms with Crippen LogP contribution in [-0.4, -0.2) is 71.8 Å². The van der Waals surface area contributed by atoms with Gasteiger partial charge in [0.15, 0.2) is 33.8 Å². The van der Waals surface area contributed by atoms with Gasteiger partial charge in [0.1, 0.15) is 0 Å². The summed E-state index contributed by atoms with van der Waals surface area (Å²) in [6.45, 7) is 4.49. The summed E-state index contributed by atoms with van der Waals surface area (Å²) in [5.74, 6) is 1.91. The zero-order valence-corrected chi connectivity index (χ0v) is 42.0. The molecule has 2 N–H and O–H groups in total. The number of fused-ring (bicyclic) bond motifs is 2. The number of ether oxygens (including phenoxy) is 3. The Morgan fingerprint density at radius 1 is 0.515 bits per heavy atom. The Hall–Kier alpha value is -5.65. The van der Waals surface area contributed by atoms with E-state index in [1.165, 1.54) is 62.4 Å². The lowest BCUT2D eigenvalue weighted by Crippen LogP contribution is -2.39. The van der Waals surface area contributed by atoms with Crippen LogP contribution in [0.5, 0.6) is 17.2 Å². The first-order valence-electron chi connectivity index (χ1n) is 24.1. The molecule has 372 valence electrons. The van der Waals surface area contributed by atoms with E-state index in [1.807, 2.05) is 24.3 Å². The van der Waals surface area contributed by atoms with Gasteiger partial charge in [-0.15, -0.1) is 0 Å². The summed E-state index contributed by atoms with van der Waals surface area (Å²) in [6, 6.07) is 11.9. The van der Waals surface area contributed by atoms with Crippen LogP contribution in [0.25, 0.3) is 22.3 Å². The van der Waals surface area contributed by atoms with Crippen LogP contribution in [-0.2, 0) is 54.4 Å². The molecule has 0 unspecified atom stereocenters. The van der Waals surface area contributed by atoms with Gasteiger partial charge in [0.05, 0.1) is 34.0 Å². The summed E-state index contributed by atoms with van der Waals surface area (Å²) in [5, 5.41) is 7.73. The molecule has 0 aliphatic carbocycles. The van der Waals surface area contributed by atoms with Gasteiger partial charge < -0.3 is 34.0 Å². The third-order valence-electron chi connectivity index (χ3n) is 12.4. The number of unbranched alkanes of at least 4 members (excludes halogenated alkanes) is 13. The van der Waals surface area contributed by atoms with Crippen molar-refractivity contribution in [3.05, 3.63) is 107 Å². The number of nitrogens with zero attached hydrogens (tertiary/aromatic N) is 8. The fourth-order valence-electron chi connectivity index (χ4n) is 8.48. The van der Waals surface area contributed by atoms with Gasteiger partial charge in [-0.2, -0.15) is 0 Å². The van der Waals surface area contributed by atoms with Crippen LogP contribution in [0.4, 0.5) is 0 Å². The average Bonchev–Trinajstić information content (AvgIpc) is 3.94. The Balaban J connectivity index is 0.000000255. The second-order valence-electron chi connectivity index (χ2n) is 17.5. The predicted molar refractivity (Wildman–Crippen MR) is 271 cm³/mol. The summed E-state index contributed by atoms with van der Waals surface area (Å²) >= 11 is 5.90. The van der Waals surface area contributed by atoms with Gasteiger partial charge in [-0.3, -0.25) is 27.9 Å². The molecule has 6 aromatic rings. The Labute approximate surface area is 404 Å². The highest BCUT2D eigenvalue weighted by Gasteiger charge is 2.16. The lowest BCUT2D eigenvalue weighted by molar-refractivity contribution is 0.323. The number of halogens is 1. The maximum absolute atomic E-state index is 12.7. The lowest BCUT2D eigenvalue weighted by atomic mass is 10.1.